The zero-order valence-corrected chi connectivity index (χ0v) is 17.5. The first-order valence-corrected chi connectivity index (χ1v) is 9.58. The van der Waals surface area contributed by atoms with Gasteiger partial charge in [0.05, 0.1) is 6.26 Å². The molecule has 160 valence electrons. The van der Waals surface area contributed by atoms with E-state index in [0.29, 0.717) is 22.6 Å². The molecule has 1 aromatic heterocycles. The molecule has 0 bridgehead atoms. The van der Waals surface area contributed by atoms with Crippen LogP contribution in [0.5, 0.6) is 5.75 Å². The number of rotatable bonds is 9. The first-order valence-electron chi connectivity index (χ1n) is 9.58. The molecule has 1 heterocycles. The Hall–Kier alpha value is -3.15. The third kappa shape index (κ3) is 6.44. The highest BCUT2D eigenvalue weighted by Gasteiger charge is 2.19. The maximum Gasteiger partial charge on any atom is 0.328 e. The van der Waals surface area contributed by atoms with Gasteiger partial charge in [-0.1, -0.05) is 32.1 Å². The van der Waals surface area contributed by atoms with E-state index >= 15 is 0 Å². The Labute approximate surface area is 175 Å². The van der Waals surface area contributed by atoms with Gasteiger partial charge >= 0.3 is 5.97 Å². The number of carboxylic acid groups (broad SMARTS) is 1. The van der Waals surface area contributed by atoms with E-state index in [1.165, 1.54) is 0 Å². The summed E-state index contributed by atoms with van der Waals surface area (Å²) in [7, 11) is 0. The largest absolute Gasteiger partial charge is 0.487 e. The van der Waals surface area contributed by atoms with Crippen molar-refractivity contribution < 1.29 is 27.8 Å². The van der Waals surface area contributed by atoms with Crippen LogP contribution >= 0.6 is 0 Å². The number of hydrogen-bond donors (Lipinski definition) is 1. The number of alkyl halides is 2. The average molecular weight is 416 g/mol. The molecule has 0 aliphatic heterocycles. The molecule has 30 heavy (non-hydrogen) atoms. The van der Waals surface area contributed by atoms with Crippen LogP contribution in [0.15, 0.2) is 64.8 Å². The summed E-state index contributed by atoms with van der Waals surface area (Å²) in [5.41, 5.74) is 3.67. The lowest BCUT2D eigenvalue weighted by molar-refractivity contribution is -0.131. The molecule has 0 unspecified atom stereocenters. The number of carbonyl (C=O) groups is 1. The van der Waals surface area contributed by atoms with Crippen molar-refractivity contribution in [1.82, 2.24) is 0 Å². The molecule has 0 spiro atoms. The maximum atomic E-state index is 12.9. The van der Waals surface area contributed by atoms with Crippen LogP contribution in [0.3, 0.4) is 0 Å². The number of benzene rings is 1. The van der Waals surface area contributed by atoms with E-state index in [0.717, 1.165) is 22.8 Å². The minimum absolute atomic E-state index is 0.0374. The number of hydrogen-bond acceptors (Lipinski definition) is 3. The lowest BCUT2D eigenvalue weighted by atomic mass is 9.92. The Bertz CT molecular complexity index is 952. The van der Waals surface area contributed by atoms with Gasteiger partial charge < -0.3 is 14.3 Å². The molecule has 6 heteroatoms. The molecular weight excluding hydrogens is 390 g/mol. The van der Waals surface area contributed by atoms with E-state index in [4.69, 9.17) is 14.3 Å². The molecule has 0 amide bonds. The quantitative estimate of drug-likeness (QED) is 0.365. The van der Waals surface area contributed by atoms with E-state index in [1.54, 1.807) is 37.5 Å². The molecule has 1 aromatic carbocycles. The highest BCUT2D eigenvalue weighted by Crippen LogP contribution is 2.39. The number of ether oxygens (including phenoxy) is 1. The minimum atomic E-state index is -2.59. The van der Waals surface area contributed by atoms with Crippen LogP contribution in [0, 0.1) is 0 Å². The number of carboxylic acids is 1. The summed E-state index contributed by atoms with van der Waals surface area (Å²) < 4.78 is 36.8. The molecule has 2 aromatic rings. The maximum absolute atomic E-state index is 12.9. The van der Waals surface area contributed by atoms with Gasteiger partial charge in [-0.25, -0.2) is 13.6 Å². The standard InChI is InChI=1S/C24H26F2O4/c1-15(2)19-12-18(21-9-6-10-29-21)13-20(24(19)30-14-22(25)26)17(4)8-5-7-16(3)11-23(27)28/h5-13,15,22H,14H2,1-4H3,(H,27,28)/b7-5+,16-11+,17-8-. The normalized spacial score (nSPS) is 12.9. The summed E-state index contributed by atoms with van der Waals surface area (Å²) in [5.74, 6) is 0.103. The molecule has 2 rings (SSSR count). The molecular formula is C24H26F2O4. The van der Waals surface area contributed by atoms with E-state index in [2.05, 4.69) is 0 Å². The van der Waals surface area contributed by atoms with Crippen LogP contribution in [-0.2, 0) is 4.79 Å². The van der Waals surface area contributed by atoms with Crippen molar-refractivity contribution in [3.05, 3.63) is 71.5 Å². The van der Waals surface area contributed by atoms with Crippen LogP contribution < -0.4 is 4.74 Å². The van der Waals surface area contributed by atoms with Crippen LogP contribution in [0.1, 0.15) is 44.7 Å². The summed E-state index contributed by atoms with van der Waals surface area (Å²) >= 11 is 0. The smallest absolute Gasteiger partial charge is 0.328 e. The molecule has 0 saturated heterocycles. The Morgan fingerprint density at radius 1 is 1.27 bits per heavy atom. The van der Waals surface area contributed by atoms with Crippen molar-refractivity contribution in [2.45, 2.75) is 40.0 Å². The van der Waals surface area contributed by atoms with Crippen molar-refractivity contribution in [2.24, 2.45) is 0 Å². The Morgan fingerprint density at radius 3 is 2.57 bits per heavy atom. The molecule has 4 nitrogen and oxygen atoms in total. The summed E-state index contributed by atoms with van der Waals surface area (Å²) in [6, 6.07) is 7.37. The highest BCUT2D eigenvalue weighted by atomic mass is 19.3. The van der Waals surface area contributed by atoms with Crippen molar-refractivity contribution in [2.75, 3.05) is 6.61 Å². The van der Waals surface area contributed by atoms with Gasteiger partial charge in [0, 0.05) is 17.2 Å². The summed E-state index contributed by atoms with van der Waals surface area (Å²) in [4.78, 5) is 10.7. The lowest BCUT2D eigenvalue weighted by Crippen LogP contribution is -2.10. The predicted octanol–water partition coefficient (Wildman–Crippen LogP) is 6.70. The molecule has 0 atom stereocenters. The highest BCUT2D eigenvalue weighted by molar-refractivity contribution is 5.81. The number of aliphatic carboxylic acids is 1. The van der Waals surface area contributed by atoms with Gasteiger partial charge in [0.2, 0.25) is 0 Å². The lowest BCUT2D eigenvalue weighted by Gasteiger charge is -2.20. The zero-order chi connectivity index (χ0) is 22.3. The third-order valence-electron chi connectivity index (χ3n) is 4.38. The molecule has 0 aliphatic carbocycles. The third-order valence-corrected chi connectivity index (χ3v) is 4.38. The first-order chi connectivity index (χ1) is 14.2. The molecule has 0 fully saturated rings. The van der Waals surface area contributed by atoms with Crippen LogP contribution in [-0.4, -0.2) is 24.1 Å². The van der Waals surface area contributed by atoms with Crippen molar-refractivity contribution in [3.63, 3.8) is 0 Å². The van der Waals surface area contributed by atoms with E-state index in [9.17, 15) is 13.6 Å². The zero-order valence-electron chi connectivity index (χ0n) is 17.5. The second kappa shape index (κ2) is 10.6. The predicted molar refractivity (Wildman–Crippen MR) is 114 cm³/mol. The molecule has 0 aliphatic rings. The summed E-state index contributed by atoms with van der Waals surface area (Å²) in [6.45, 7) is 6.77. The SMILES string of the molecule is C/C(=C/C=C/C(C)=C/C(=O)O)c1cc(-c2ccco2)cc(C(C)C)c1OCC(F)F. The van der Waals surface area contributed by atoms with Gasteiger partial charge in [0.15, 0.2) is 0 Å². The number of furan rings is 1. The fraction of sp³-hybridized carbons (Fsp3) is 0.292. The van der Waals surface area contributed by atoms with E-state index in [1.807, 2.05) is 39.0 Å². The fourth-order valence-corrected chi connectivity index (χ4v) is 2.94. The molecule has 1 N–H and O–H groups in total. The number of allylic oxidation sites excluding steroid dienone is 5. The van der Waals surface area contributed by atoms with Gasteiger partial charge in [-0.05, 0) is 60.7 Å². The van der Waals surface area contributed by atoms with Crippen molar-refractivity contribution in [1.29, 1.82) is 0 Å². The second-order valence-electron chi connectivity index (χ2n) is 7.21. The Kier molecular flexibility index (Phi) is 8.16. The monoisotopic (exact) mass is 416 g/mol. The Morgan fingerprint density at radius 2 is 2.00 bits per heavy atom. The van der Waals surface area contributed by atoms with E-state index < -0.39 is 19.0 Å². The van der Waals surface area contributed by atoms with Crippen LogP contribution in [0.2, 0.25) is 0 Å². The van der Waals surface area contributed by atoms with Gasteiger partial charge in [-0.3, -0.25) is 0 Å². The van der Waals surface area contributed by atoms with Crippen molar-refractivity contribution in [3.8, 4) is 17.1 Å². The van der Waals surface area contributed by atoms with Gasteiger partial charge in [0.25, 0.3) is 6.43 Å². The first kappa shape index (κ1) is 23.1. The molecule has 0 radical (unpaired) electrons. The fourth-order valence-electron chi connectivity index (χ4n) is 2.94. The van der Waals surface area contributed by atoms with Gasteiger partial charge in [-0.15, -0.1) is 0 Å². The van der Waals surface area contributed by atoms with Gasteiger partial charge in [-0.2, -0.15) is 0 Å². The summed E-state index contributed by atoms with van der Waals surface area (Å²) in [6.07, 6.45) is 5.27. The van der Waals surface area contributed by atoms with E-state index in [-0.39, 0.29) is 5.92 Å². The summed E-state index contributed by atoms with van der Waals surface area (Å²) in [5, 5.41) is 8.80. The minimum Gasteiger partial charge on any atom is -0.487 e. The van der Waals surface area contributed by atoms with Crippen LogP contribution in [0.4, 0.5) is 8.78 Å². The number of halogens is 2. The van der Waals surface area contributed by atoms with Crippen molar-refractivity contribution >= 4 is 11.5 Å². The topological polar surface area (TPSA) is 59.7 Å². The van der Waals surface area contributed by atoms with Crippen LogP contribution in [0.25, 0.3) is 16.9 Å². The second-order valence-corrected chi connectivity index (χ2v) is 7.21. The molecule has 0 saturated carbocycles. The Balaban J connectivity index is 2.56. The average Bonchev–Trinajstić information content (AvgIpc) is 3.19. The van der Waals surface area contributed by atoms with Gasteiger partial charge in [0.1, 0.15) is 18.1 Å².